The van der Waals surface area contributed by atoms with Gasteiger partial charge >= 0.3 is 6.09 Å². The fourth-order valence-corrected chi connectivity index (χ4v) is 3.65. The van der Waals surface area contributed by atoms with Crippen LogP contribution < -0.4 is 4.90 Å². The van der Waals surface area contributed by atoms with E-state index in [-0.39, 0.29) is 6.09 Å². The van der Waals surface area contributed by atoms with Crippen LogP contribution in [0.4, 0.5) is 10.6 Å². The zero-order valence-corrected chi connectivity index (χ0v) is 18.0. The summed E-state index contributed by atoms with van der Waals surface area (Å²) in [6.45, 7) is 15.1. The highest BCUT2D eigenvalue weighted by Crippen LogP contribution is 2.32. The molecule has 0 N–H and O–H groups in total. The first-order valence-corrected chi connectivity index (χ1v) is 10.4. The fourth-order valence-electron chi connectivity index (χ4n) is 3.65. The van der Waals surface area contributed by atoms with Crippen molar-refractivity contribution in [3.05, 3.63) is 23.9 Å². The van der Waals surface area contributed by atoms with Gasteiger partial charge < -0.3 is 4.74 Å². The van der Waals surface area contributed by atoms with Crippen LogP contribution in [0.15, 0.2) is 18.3 Å². The van der Waals surface area contributed by atoms with E-state index >= 15 is 0 Å². The van der Waals surface area contributed by atoms with Crippen LogP contribution in [0.5, 0.6) is 0 Å². The van der Waals surface area contributed by atoms with Gasteiger partial charge in [0.2, 0.25) is 0 Å². The van der Waals surface area contributed by atoms with Crippen molar-refractivity contribution in [1.29, 1.82) is 0 Å². The van der Waals surface area contributed by atoms with Gasteiger partial charge in [-0.2, -0.15) is 0 Å². The van der Waals surface area contributed by atoms with Gasteiger partial charge in [-0.25, -0.2) is 9.78 Å². The number of hydrogen-bond acceptors (Lipinski definition) is 4. The Morgan fingerprint density at radius 3 is 2.63 bits per heavy atom. The van der Waals surface area contributed by atoms with Gasteiger partial charge in [0.1, 0.15) is 11.4 Å². The summed E-state index contributed by atoms with van der Waals surface area (Å²) in [6, 6.07) is 4.54. The van der Waals surface area contributed by atoms with E-state index in [9.17, 15) is 4.79 Å². The summed E-state index contributed by atoms with van der Waals surface area (Å²) in [5.41, 5.74) is 0.738. The first-order valence-electron chi connectivity index (χ1n) is 10.4. The molecule has 1 aliphatic heterocycles. The number of piperidine rings is 1. The van der Waals surface area contributed by atoms with Gasteiger partial charge in [-0.3, -0.25) is 9.80 Å². The summed E-state index contributed by atoms with van der Waals surface area (Å²) in [5.74, 6) is 1.33. The van der Waals surface area contributed by atoms with Crippen molar-refractivity contribution in [2.75, 3.05) is 24.5 Å². The molecule has 0 aromatic carbocycles. The Hall–Kier alpha value is -1.62. The number of aromatic nitrogens is 1. The van der Waals surface area contributed by atoms with E-state index in [0.717, 1.165) is 19.5 Å². The standard InChI is InChI=1S/C22H37N3O2/c1-7-13-25(21(26)27-22(4,5)6)20-12-11-18(15-23-20)19-10-8-9-14-24(19)16-17(2)3/h11-12,15,17,19H,7-10,13-14,16H2,1-6H3. The summed E-state index contributed by atoms with van der Waals surface area (Å²) >= 11 is 0. The Bertz CT molecular complexity index is 593. The molecule has 0 bridgehead atoms. The summed E-state index contributed by atoms with van der Waals surface area (Å²) in [6.07, 6.45) is 6.19. The lowest BCUT2D eigenvalue weighted by atomic mass is 9.95. The molecule has 152 valence electrons. The van der Waals surface area contributed by atoms with Crippen molar-refractivity contribution in [2.45, 2.75) is 78.9 Å². The maximum absolute atomic E-state index is 12.6. The Kier molecular flexibility index (Phi) is 7.66. The molecule has 5 heteroatoms. The number of carbonyl (C=O) groups excluding carboxylic acids is 1. The van der Waals surface area contributed by atoms with Crippen molar-refractivity contribution in [3.8, 4) is 0 Å². The molecular weight excluding hydrogens is 338 g/mol. The molecule has 1 unspecified atom stereocenters. The first-order chi connectivity index (χ1) is 12.7. The van der Waals surface area contributed by atoms with E-state index in [1.807, 2.05) is 33.0 Å². The number of carbonyl (C=O) groups is 1. The number of rotatable bonds is 6. The predicted molar refractivity (Wildman–Crippen MR) is 111 cm³/mol. The van der Waals surface area contributed by atoms with Crippen LogP contribution >= 0.6 is 0 Å². The topological polar surface area (TPSA) is 45.7 Å². The number of pyridine rings is 1. The number of hydrogen-bond donors (Lipinski definition) is 0. The smallest absolute Gasteiger partial charge is 0.416 e. The van der Waals surface area contributed by atoms with Gasteiger partial charge in [-0.15, -0.1) is 0 Å². The predicted octanol–water partition coefficient (Wildman–Crippen LogP) is 5.42. The Morgan fingerprint density at radius 2 is 2.07 bits per heavy atom. The summed E-state index contributed by atoms with van der Waals surface area (Å²) < 4.78 is 5.55. The SMILES string of the molecule is CCCN(C(=O)OC(C)(C)C)c1ccc(C2CCCCN2CC(C)C)cn1. The van der Waals surface area contributed by atoms with Gasteiger partial charge in [0, 0.05) is 25.3 Å². The molecule has 0 spiro atoms. The average Bonchev–Trinajstić information content (AvgIpc) is 2.58. The van der Waals surface area contributed by atoms with Gasteiger partial charge in [-0.1, -0.05) is 33.3 Å². The fraction of sp³-hybridized carbons (Fsp3) is 0.727. The van der Waals surface area contributed by atoms with E-state index < -0.39 is 5.60 Å². The van der Waals surface area contributed by atoms with Crippen LogP contribution in [0.1, 0.15) is 78.8 Å². The molecule has 1 atom stereocenters. The van der Waals surface area contributed by atoms with E-state index in [4.69, 9.17) is 4.74 Å². The number of ether oxygens (including phenoxy) is 1. The van der Waals surface area contributed by atoms with Gasteiger partial charge in [0.05, 0.1) is 0 Å². The summed E-state index contributed by atoms with van der Waals surface area (Å²) in [5, 5.41) is 0. The Balaban J connectivity index is 2.16. The first kappa shape index (κ1) is 21.7. The number of amides is 1. The van der Waals surface area contributed by atoms with E-state index in [1.165, 1.54) is 24.8 Å². The van der Waals surface area contributed by atoms with Crippen molar-refractivity contribution >= 4 is 11.9 Å². The third-order valence-corrected chi connectivity index (χ3v) is 4.71. The van der Waals surface area contributed by atoms with Crippen molar-refractivity contribution < 1.29 is 9.53 Å². The molecule has 1 aromatic heterocycles. The van der Waals surface area contributed by atoms with Crippen LogP contribution in [0.25, 0.3) is 0 Å². The van der Waals surface area contributed by atoms with Crippen LogP contribution in [0.2, 0.25) is 0 Å². The minimum Gasteiger partial charge on any atom is -0.443 e. The number of likely N-dealkylation sites (tertiary alicyclic amines) is 1. The van der Waals surface area contributed by atoms with Crippen LogP contribution in [0.3, 0.4) is 0 Å². The molecule has 0 saturated carbocycles. The van der Waals surface area contributed by atoms with Gasteiger partial charge in [-0.05, 0) is 64.1 Å². The summed E-state index contributed by atoms with van der Waals surface area (Å²) in [7, 11) is 0. The second-order valence-electron chi connectivity index (χ2n) is 8.98. The Labute approximate surface area is 165 Å². The molecule has 1 fully saturated rings. The van der Waals surface area contributed by atoms with E-state index in [0.29, 0.717) is 24.3 Å². The number of anilines is 1. The van der Waals surface area contributed by atoms with E-state index in [1.54, 1.807) is 4.90 Å². The lowest BCUT2D eigenvalue weighted by molar-refractivity contribution is 0.0579. The quantitative estimate of drug-likeness (QED) is 0.666. The minimum atomic E-state index is -0.511. The molecule has 27 heavy (non-hydrogen) atoms. The monoisotopic (exact) mass is 375 g/mol. The highest BCUT2D eigenvalue weighted by Gasteiger charge is 2.26. The highest BCUT2D eigenvalue weighted by molar-refractivity contribution is 5.86. The molecule has 1 amide bonds. The van der Waals surface area contributed by atoms with Crippen molar-refractivity contribution in [1.82, 2.24) is 9.88 Å². The molecule has 1 aliphatic rings. The molecular formula is C22H37N3O2. The molecule has 1 saturated heterocycles. The molecule has 0 radical (unpaired) electrons. The van der Waals surface area contributed by atoms with E-state index in [2.05, 4.69) is 36.7 Å². The van der Waals surface area contributed by atoms with Crippen LogP contribution in [-0.4, -0.2) is 41.2 Å². The molecule has 5 nitrogen and oxygen atoms in total. The lowest BCUT2D eigenvalue weighted by Crippen LogP contribution is -2.38. The maximum atomic E-state index is 12.6. The summed E-state index contributed by atoms with van der Waals surface area (Å²) in [4.78, 5) is 21.4. The van der Waals surface area contributed by atoms with Gasteiger partial charge in [0.15, 0.2) is 0 Å². The van der Waals surface area contributed by atoms with Crippen molar-refractivity contribution in [2.24, 2.45) is 5.92 Å². The normalized spacial score (nSPS) is 18.6. The van der Waals surface area contributed by atoms with Crippen molar-refractivity contribution in [3.63, 3.8) is 0 Å². The molecule has 2 heterocycles. The zero-order chi connectivity index (χ0) is 20.0. The maximum Gasteiger partial charge on any atom is 0.416 e. The highest BCUT2D eigenvalue weighted by atomic mass is 16.6. The lowest BCUT2D eigenvalue weighted by Gasteiger charge is -2.37. The largest absolute Gasteiger partial charge is 0.443 e. The third-order valence-electron chi connectivity index (χ3n) is 4.71. The second kappa shape index (κ2) is 9.54. The second-order valence-corrected chi connectivity index (χ2v) is 8.98. The third kappa shape index (κ3) is 6.49. The minimum absolute atomic E-state index is 0.330. The average molecular weight is 376 g/mol. The van der Waals surface area contributed by atoms with Gasteiger partial charge in [0.25, 0.3) is 0 Å². The van der Waals surface area contributed by atoms with Crippen LogP contribution in [-0.2, 0) is 4.74 Å². The zero-order valence-electron chi connectivity index (χ0n) is 18.0. The van der Waals surface area contributed by atoms with Crippen LogP contribution in [0, 0.1) is 5.92 Å². The number of nitrogens with zero attached hydrogens (tertiary/aromatic N) is 3. The Morgan fingerprint density at radius 1 is 1.33 bits per heavy atom. The molecule has 1 aromatic rings. The molecule has 0 aliphatic carbocycles. The molecule has 2 rings (SSSR count).